The van der Waals surface area contributed by atoms with Crippen molar-refractivity contribution in [2.75, 3.05) is 24.2 Å². The molecular weight excluding hydrogens is 458 g/mol. The van der Waals surface area contributed by atoms with Crippen LogP contribution < -0.4 is 5.32 Å². The molecule has 1 aromatic carbocycles. The van der Waals surface area contributed by atoms with E-state index in [9.17, 15) is 13.2 Å². The van der Waals surface area contributed by atoms with Crippen LogP contribution in [0.5, 0.6) is 0 Å². The standard InChI is InChI=1S/C23H31N5O3S2/c1-15-11-16(2)13-27(12-15)33(30,31)20-9-5-18(6-10-20)24-21(29)14-32-23-26-25-22(17-3-4-17)28(23)19-7-8-19/h5-6,9-10,15-17,19H,3-4,7-8,11-14H2,1-2H3,(H,24,29). The van der Waals surface area contributed by atoms with E-state index in [1.54, 1.807) is 28.6 Å². The topological polar surface area (TPSA) is 97.2 Å². The molecule has 5 rings (SSSR count). The minimum atomic E-state index is -3.53. The number of sulfonamides is 1. The van der Waals surface area contributed by atoms with Crippen molar-refractivity contribution in [3.8, 4) is 0 Å². The summed E-state index contributed by atoms with van der Waals surface area (Å²) in [5.74, 6) is 2.41. The lowest BCUT2D eigenvalue weighted by atomic mass is 9.94. The first-order chi connectivity index (χ1) is 15.8. The Balaban J connectivity index is 1.19. The maximum atomic E-state index is 13.0. The molecule has 33 heavy (non-hydrogen) atoms. The van der Waals surface area contributed by atoms with E-state index in [-0.39, 0.29) is 16.6 Å². The Morgan fingerprint density at radius 3 is 2.33 bits per heavy atom. The predicted molar refractivity (Wildman–Crippen MR) is 128 cm³/mol. The van der Waals surface area contributed by atoms with Crippen LogP contribution >= 0.6 is 11.8 Å². The van der Waals surface area contributed by atoms with Gasteiger partial charge < -0.3 is 9.88 Å². The monoisotopic (exact) mass is 489 g/mol. The summed E-state index contributed by atoms with van der Waals surface area (Å²) in [7, 11) is -3.53. The average Bonchev–Trinajstić information content (AvgIpc) is 3.71. The number of nitrogens with zero attached hydrogens (tertiary/aromatic N) is 4. The molecule has 2 aromatic rings. The van der Waals surface area contributed by atoms with Crippen LogP contribution in [0.2, 0.25) is 0 Å². The summed E-state index contributed by atoms with van der Waals surface area (Å²) in [5, 5.41) is 12.4. The summed E-state index contributed by atoms with van der Waals surface area (Å²) in [6, 6.07) is 6.96. The van der Waals surface area contributed by atoms with Crippen molar-refractivity contribution < 1.29 is 13.2 Å². The minimum Gasteiger partial charge on any atom is -0.325 e. The highest BCUT2D eigenvalue weighted by Gasteiger charge is 2.36. The molecule has 1 saturated heterocycles. The number of hydrogen-bond acceptors (Lipinski definition) is 6. The Morgan fingerprint density at radius 1 is 1.06 bits per heavy atom. The van der Waals surface area contributed by atoms with Gasteiger partial charge in [-0.05, 0) is 68.2 Å². The Bertz CT molecular complexity index is 1110. The molecule has 8 nitrogen and oxygen atoms in total. The van der Waals surface area contributed by atoms with Crippen molar-refractivity contribution >= 4 is 33.4 Å². The van der Waals surface area contributed by atoms with Gasteiger partial charge in [0.2, 0.25) is 15.9 Å². The third-order valence-corrected chi connectivity index (χ3v) is 9.28. The maximum absolute atomic E-state index is 13.0. The number of anilines is 1. The SMILES string of the molecule is CC1CC(C)CN(S(=O)(=O)c2ccc(NC(=O)CSc3nnc(C4CC4)n3C3CC3)cc2)C1. The van der Waals surface area contributed by atoms with E-state index >= 15 is 0 Å². The summed E-state index contributed by atoms with van der Waals surface area (Å²) >= 11 is 1.41. The fourth-order valence-electron chi connectivity index (χ4n) is 4.67. The molecule has 2 atom stereocenters. The maximum Gasteiger partial charge on any atom is 0.243 e. The average molecular weight is 490 g/mol. The van der Waals surface area contributed by atoms with Gasteiger partial charge in [0, 0.05) is 30.7 Å². The zero-order chi connectivity index (χ0) is 23.2. The summed E-state index contributed by atoms with van der Waals surface area (Å²) in [4.78, 5) is 12.8. The van der Waals surface area contributed by atoms with Gasteiger partial charge in [-0.25, -0.2) is 8.42 Å². The molecule has 1 aromatic heterocycles. The molecule has 2 heterocycles. The van der Waals surface area contributed by atoms with Gasteiger partial charge in [-0.15, -0.1) is 10.2 Å². The fourth-order valence-corrected chi connectivity index (χ4v) is 7.16. The van der Waals surface area contributed by atoms with Gasteiger partial charge >= 0.3 is 0 Å². The molecule has 178 valence electrons. The second kappa shape index (κ2) is 9.03. The lowest BCUT2D eigenvalue weighted by molar-refractivity contribution is -0.113. The summed E-state index contributed by atoms with van der Waals surface area (Å²) < 4.78 is 29.9. The summed E-state index contributed by atoms with van der Waals surface area (Å²) in [6.07, 6.45) is 5.72. The summed E-state index contributed by atoms with van der Waals surface area (Å²) in [6.45, 7) is 5.29. The number of piperidine rings is 1. The second-order valence-corrected chi connectivity index (χ2v) is 12.7. The van der Waals surface area contributed by atoms with Crippen molar-refractivity contribution in [3.63, 3.8) is 0 Å². The largest absolute Gasteiger partial charge is 0.325 e. The van der Waals surface area contributed by atoms with Crippen LogP contribution in [0.1, 0.15) is 63.7 Å². The normalized spacial score (nSPS) is 24.1. The molecule has 2 unspecified atom stereocenters. The first-order valence-electron chi connectivity index (χ1n) is 11.8. The van der Waals surface area contributed by atoms with Gasteiger partial charge in [0.25, 0.3) is 0 Å². The van der Waals surface area contributed by atoms with Gasteiger partial charge in [-0.3, -0.25) is 4.79 Å². The van der Waals surface area contributed by atoms with Crippen molar-refractivity contribution in [2.45, 2.75) is 68.0 Å². The first kappa shape index (κ1) is 22.9. The first-order valence-corrected chi connectivity index (χ1v) is 14.2. The summed E-state index contributed by atoms with van der Waals surface area (Å²) in [5.41, 5.74) is 0.585. The van der Waals surface area contributed by atoms with Crippen LogP contribution in [-0.2, 0) is 14.8 Å². The van der Waals surface area contributed by atoms with Gasteiger partial charge in [-0.2, -0.15) is 4.31 Å². The molecule has 1 amide bonds. The van der Waals surface area contributed by atoms with E-state index in [1.165, 1.54) is 24.6 Å². The van der Waals surface area contributed by atoms with Crippen LogP contribution in [-0.4, -0.2) is 52.2 Å². The van der Waals surface area contributed by atoms with Crippen LogP contribution in [0.15, 0.2) is 34.3 Å². The zero-order valence-electron chi connectivity index (χ0n) is 19.1. The van der Waals surface area contributed by atoms with Gasteiger partial charge in [0.15, 0.2) is 5.16 Å². The molecule has 1 aliphatic heterocycles. The number of thioether (sulfide) groups is 1. The highest BCUT2D eigenvalue weighted by Crippen LogP contribution is 2.46. The number of carbonyl (C=O) groups excluding carboxylic acids is 1. The van der Waals surface area contributed by atoms with E-state index in [0.29, 0.717) is 42.6 Å². The molecule has 1 N–H and O–H groups in total. The molecule has 0 spiro atoms. The Hall–Kier alpha value is -1.91. The number of aromatic nitrogens is 3. The number of carbonyl (C=O) groups is 1. The van der Waals surface area contributed by atoms with E-state index in [0.717, 1.165) is 30.2 Å². The molecule has 3 fully saturated rings. The van der Waals surface area contributed by atoms with Gasteiger partial charge in [-0.1, -0.05) is 25.6 Å². The number of amides is 1. The number of nitrogens with one attached hydrogen (secondary N) is 1. The predicted octanol–water partition coefficient (Wildman–Crippen LogP) is 3.89. The van der Waals surface area contributed by atoms with Crippen LogP contribution in [0, 0.1) is 11.8 Å². The zero-order valence-corrected chi connectivity index (χ0v) is 20.7. The lowest BCUT2D eigenvalue weighted by Gasteiger charge is -2.34. The van der Waals surface area contributed by atoms with Crippen molar-refractivity contribution in [1.82, 2.24) is 19.1 Å². The molecule has 2 saturated carbocycles. The third-order valence-electron chi connectivity index (χ3n) is 6.49. The number of hydrogen-bond donors (Lipinski definition) is 1. The van der Waals surface area contributed by atoms with Crippen LogP contribution in [0.25, 0.3) is 0 Å². The Kier molecular flexibility index (Phi) is 6.26. The van der Waals surface area contributed by atoms with Crippen molar-refractivity contribution in [3.05, 3.63) is 30.1 Å². The molecule has 0 radical (unpaired) electrons. The molecule has 10 heteroatoms. The van der Waals surface area contributed by atoms with E-state index in [4.69, 9.17) is 0 Å². The van der Waals surface area contributed by atoms with Gasteiger partial charge in [0.05, 0.1) is 10.6 Å². The van der Waals surface area contributed by atoms with Crippen molar-refractivity contribution in [2.24, 2.45) is 11.8 Å². The van der Waals surface area contributed by atoms with E-state index in [2.05, 4.69) is 33.9 Å². The Labute approximate surface area is 199 Å². The molecule has 2 aliphatic carbocycles. The van der Waals surface area contributed by atoms with Crippen molar-refractivity contribution in [1.29, 1.82) is 0 Å². The highest BCUT2D eigenvalue weighted by atomic mass is 32.2. The van der Waals surface area contributed by atoms with Crippen LogP contribution in [0.4, 0.5) is 5.69 Å². The number of benzene rings is 1. The smallest absolute Gasteiger partial charge is 0.243 e. The molecule has 3 aliphatic rings. The fraction of sp³-hybridized carbons (Fsp3) is 0.609. The lowest BCUT2D eigenvalue weighted by Crippen LogP contribution is -2.42. The third kappa shape index (κ3) is 5.12. The van der Waals surface area contributed by atoms with E-state index in [1.807, 2.05) is 0 Å². The van der Waals surface area contributed by atoms with Gasteiger partial charge in [0.1, 0.15) is 5.82 Å². The van der Waals surface area contributed by atoms with E-state index < -0.39 is 10.0 Å². The second-order valence-electron chi connectivity index (χ2n) is 9.85. The molecular formula is C23H31N5O3S2. The molecule has 0 bridgehead atoms. The minimum absolute atomic E-state index is 0.146. The highest BCUT2D eigenvalue weighted by molar-refractivity contribution is 7.99. The quantitative estimate of drug-likeness (QED) is 0.565. The van der Waals surface area contributed by atoms with Crippen LogP contribution in [0.3, 0.4) is 0 Å². The Morgan fingerprint density at radius 2 is 1.73 bits per heavy atom. The number of rotatable bonds is 8.